The van der Waals surface area contributed by atoms with Gasteiger partial charge in [-0.1, -0.05) is 30.3 Å². The monoisotopic (exact) mass is 312 g/mol. The third kappa shape index (κ3) is 2.70. The van der Waals surface area contributed by atoms with Crippen LogP contribution in [0.3, 0.4) is 0 Å². The van der Waals surface area contributed by atoms with Crippen LogP contribution in [0.15, 0.2) is 41.3 Å². The van der Waals surface area contributed by atoms with Crippen molar-refractivity contribution in [2.24, 2.45) is 0 Å². The molecular formula is C13H11F3N4O2. The van der Waals surface area contributed by atoms with Crippen LogP contribution < -0.4 is 16.0 Å². The first-order chi connectivity index (χ1) is 10.5. The van der Waals surface area contributed by atoms with Gasteiger partial charge in [-0.05, 0) is 6.08 Å². The smallest absolute Gasteiger partial charge is 0.303 e. The second-order valence-corrected chi connectivity index (χ2v) is 4.50. The number of hydrazine groups is 1. The van der Waals surface area contributed by atoms with E-state index in [1.807, 2.05) is 0 Å². The van der Waals surface area contributed by atoms with Gasteiger partial charge in [0.15, 0.2) is 11.9 Å². The number of aromatic amines is 2. The predicted octanol–water partition coefficient (Wildman–Crippen LogP) is 2.23. The van der Waals surface area contributed by atoms with Crippen molar-refractivity contribution in [3.05, 3.63) is 58.1 Å². The van der Waals surface area contributed by atoms with E-state index in [1.54, 1.807) is 18.2 Å². The molecule has 1 aromatic heterocycles. The van der Waals surface area contributed by atoms with E-state index in [9.17, 15) is 18.0 Å². The van der Waals surface area contributed by atoms with Crippen LogP contribution in [0.4, 0.5) is 18.9 Å². The molecule has 0 radical (unpaired) electrons. The van der Waals surface area contributed by atoms with Crippen LogP contribution in [0.5, 0.6) is 0 Å². The Hall–Kier alpha value is -2.68. The Morgan fingerprint density at radius 2 is 1.86 bits per heavy atom. The van der Waals surface area contributed by atoms with Crippen molar-refractivity contribution in [2.45, 2.75) is 12.6 Å². The van der Waals surface area contributed by atoms with E-state index in [-0.39, 0.29) is 11.3 Å². The molecule has 1 aliphatic rings. The zero-order valence-corrected chi connectivity index (χ0v) is 11.0. The van der Waals surface area contributed by atoms with Gasteiger partial charge in [0, 0.05) is 11.8 Å². The highest BCUT2D eigenvalue weighted by Crippen LogP contribution is 2.33. The molecule has 6 nitrogen and oxygen atoms in total. The number of halogens is 3. The number of ether oxygens (including phenoxy) is 1. The van der Waals surface area contributed by atoms with Crippen molar-refractivity contribution >= 4 is 11.8 Å². The van der Waals surface area contributed by atoms with E-state index >= 15 is 0 Å². The van der Waals surface area contributed by atoms with Crippen LogP contribution in [0.2, 0.25) is 0 Å². The van der Waals surface area contributed by atoms with Gasteiger partial charge in [0.1, 0.15) is 0 Å². The van der Waals surface area contributed by atoms with Gasteiger partial charge in [0.2, 0.25) is 0 Å². The van der Waals surface area contributed by atoms with E-state index in [4.69, 9.17) is 0 Å². The SMILES string of the molecule is O=c1[nH][nH]c2c1N(C(OC(F)(F)F)c1ccccc1)NC=C2. The Balaban J connectivity index is 2.05. The predicted molar refractivity (Wildman–Crippen MR) is 72.4 cm³/mol. The molecule has 22 heavy (non-hydrogen) atoms. The Bertz CT molecular complexity index is 736. The highest BCUT2D eigenvalue weighted by atomic mass is 19.4. The normalized spacial score (nSPS) is 15.3. The fourth-order valence-electron chi connectivity index (χ4n) is 2.19. The zero-order valence-electron chi connectivity index (χ0n) is 11.0. The highest BCUT2D eigenvalue weighted by Gasteiger charge is 2.39. The summed E-state index contributed by atoms with van der Waals surface area (Å²) in [5.41, 5.74) is 2.67. The first-order valence-corrected chi connectivity index (χ1v) is 6.28. The number of rotatable bonds is 3. The lowest BCUT2D eigenvalue weighted by atomic mass is 10.1. The number of benzene rings is 1. The molecule has 116 valence electrons. The fraction of sp³-hybridized carbons (Fsp3) is 0.154. The molecule has 2 heterocycles. The standard InChI is InChI=1S/C13H11F3N4O2/c14-13(15,16)22-12(8-4-2-1-3-5-8)20-10-9(6-7-17-20)18-19-11(10)21/h1-7,12,17H,(H2,18,19,21). The lowest BCUT2D eigenvalue weighted by Gasteiger charge is -2.34. The van der Waals surface area contributed by atoms with E-state index < -0.39 is 18.1 Å². The van der Waals surface area contributed by atoms with Crippen molar-refractivity contribution in [3.8, 4) is 0 Å². The van der Waals surface area contributed by atoms with E-state index in [1.165, 1.54) is 24.4 Å². The van der Waals surface area contributed by atoms with Crippen molar-refractivity contribution < 1.29 is 17.9 Å². The maximum absolute atomic E-state index is 12.8. The summed E-state index contributed by atoms with van der Waals surface area (Å²) < 4.78 is 42.5. The third-order valence-corrected chi connectivity index (χ3v) is 3.05. The van der Waals surface area contributed by atoms with Crippen LogP contribution in [0, 0.1) is 0 Å². The summed E-state index contributed by atoms with van der Waals surface area (Å²) in [6, 6.07) is 7.81. The highest BCUT2D eigenvalue weighted by molar-refractivity contribution is 5.66. The number of alkyl halides is 3. The molecule has 3 N–H and O–H groups in total. The van der Waals surface area contributed by atoms with Gasteiger partial charge < -0.3 is 5.43 Å². The largest absolute Gasteiger partial charge is 0.524 e. The number of anilines is 1. The minimum absolute atomic E-state index is 0.0144. The average Bonchev–Trinajstić information content (AvgIpc) is 2.87. The molecule has 1 aromatic carbocycles. The number of aromatic nitrogens is 2. The van der Waals surface area contributed by atoms with Crippen LogP contribution in [-0.4, -0.2) is 16.6 Å². The van der Waals surface area contributed by atoms with Gasteiger partial charge in [-0.25, -0.2) is 5.01 Å². The molecule has 0 saturated carbocycles. The molecule has 0 bridgehead atoms. The van der Waals surface area contributed by atoms with Crippen molar-refractivity contribution in [1.82, 2.24) is 15.6 Å². The molecule has 0 aliphatic carbocycles. The first kappa shape index (κ1) is 14.3. The summed E-state index contributed by atoms with van der Waals surface area (Å²) in [5.74, 6) is 0. The minimum atomic E-state index is -4.87. The molecular weight excluding hydrogens is 301 g/mol. The van der Waals surface area contributed by atoms with Crippen LogP contribution in [0.1, 0.15) is 17.5 Å². The molecule has 0 fully saturated rings. The van der Waals surface area contributed by atoms with Crippen molar-refractivity contribution in [2.75, 3.05) is 5.01 Å². The molecule has 1 atom stereocenters. The third-order valence-electron chi connectivity index (χ3n) is 3.05. The zero-order chi connectivity index (χ0) is 15.7. The van der Waals surface area contributed by atoms with Gasteiger partial charge in [0.05, 0.1) is 5.69 Å². The molecule has 1 aliphatic heterocycles. The maximum atomic E-state index is 12.8. The number of nitrogens with one attached hydrogen (secondary N) is 3. The van der Waals surface area contributed by atoms with Crippen LogP contribution in [0.25, 0.3) is 6.08 Å². The summed E-state index contributed by atoms with van der Waals surface area (Å²) in [5, 5.41) is 5.93. The Morgan fingerprint density at radius 3 is 2.55 bits per heavy atom. The molecule has 0 amide bonds. The fourth-order valence-corrected chi connectivity index (χ4v) is 2.19. The van der Waals surface area contributed by atoms with Gasteiger partial charge in [0.25, 0.3) is 5.56 Å². The second kappa shape index (κ2) is 5.26. The number of H-pyrrole nitrogens is 2. The van der Waals surface area contributed by atoms with E-state index in [2.05, 4.69) is 20.4 Å². The van der Waals surface area contributed by atoms with Gasteiger partial charge >= 0.3 is 6.36 Å². The number of nitrogens with zero attached hydrogens (tertiary/aromatic N) is 1. The Kier molecular flexibility index (Phi) is 3.41. The lowest BCUT2D eigenvalue weighted by molar-refractivity contribution is -0.345. The van der Waals surface area contributed by atoms with Crippen LogP contribution in [-0.2, 0) is 4.74 Å². The molecule has 0 saturated heterocycles. The van der Waals surface area contributed by atoms with E-state index in [0.717, 1.165) is 5.01 Å². The Labute approximate surface area is 122 Å². The average molecular weight is 312 g/mol. The number of hydrogen-bond donors (Lipinski definition) is 3. The lowest BCUT2D eigenvalue weighted by Crippen LogP contribution is -2.44. The van der Waals surface area contributed by atoms with Gasteiger partial charge in [-0.15, -0.1) is 13.2 Å². The van der Waals surface area contributed by atoms with Gasteiger partial charge in [-0.3, -0.25) is 19.7 Å². The summed E-state index contributed by atoms with van der Waals surface area (Å²) in [4.78, 5) is 11.8. The van der Waals surface area contributed by atoms with Crippen LogP contribution >= 0.6 is 0 Å². The van der Waals surface area contributed by atoms with Gasteiger partial charge in [-0.2, -0.15) is 0 Å². The van der Waals surface area contributed by atoms with Crippen molar-refractivity contribution in [1.29, 1.82) is 0 Å². The molecule has 0 spiro atoms. The summed E-state index contributed by atoms with van der Waals surface area (Å²) >= 11 is 0. The quantitative estimate of drug-likeness (QED) is 0.812. The molecule has 3 rings (SSSR count). The topological polar surface area (TPSA) is 73.2 Å². The summed E-state index contributed by atoms with van der Waals surface area (Å²) in [6.07, 6.45) is -3.49. The summed E-state index contributed by atoms with van der Waals surface area (Å²) in [7, 11) is 0. The number of fused-ring (bicyclic) bond motifs is 1. The minimum Gasteiger partial charge on any atom is -0.303 e. The molecule has 1 unspecified atom stereocenters. The maximum Gasteiger partial charge on any atom is 0.524 e. The second-order valence-electron chi connectivity index (χ2n) is 4.50. The van der Waals surface area contributed by atoms with E-state index in [0.29, 0.717) is 5.69 Å². The number of hydrogen-bond acceptors (Lipinski definition) is 4. The molecule has 9 heteroatoms. The van der Waals surface area contributed by atoms with Crippen molar-refractivity contribution in [3.63, 3.8) is 0 Å². The summed E-state index contributed by atoms with van der Waals surface area (Å²) in [6.45, 7) is 0. The molecule has 2 aromatic rings. The Morgan fingerprint density at radius 1 is 1.14 bits per heavy atom. The first-order valence-electron chi connectivity index (χ1n) is 6.28.